The van der Waals surface area contributed by atoms with E-state index in [2.05, 4.69) is 16.0 Å². The molecule has 0 radical (unpaired) electrons. The van der Waals surface area contributed by atoms with Crippen LogP contribution in [-0.2, 0) is 13.1 Å². The van der Waals surface area contributed by atoms with Gasteiger partial charge >= 0.3 is 0 Å². The summed E-state index contributed by atoms with van der Waals surface area (Å²) < 4.78 is 2.24. The second-order valence-corrected chi connectivity index (χ2v) is 6.96. The van der Waals surface area contributed by atoms with Crippen LogP contribution in [0.3, 0.4) is 0 Å². The molecule has 0 amide bonds. The molecule has 4 aromatic rings. The second kappa shape index (κ2) is 7.40. The van der Waals surface area contributed by atoms with E-state index >= 15 is 0 Å². The van der Waals surface area contributed by atoms with Crippen molar-refractivity contribution in [3.63, 3.8) is 0 Å². The maximum atomic E-state index is 6.01. The molecule has 0 aliphatic heterocycles. The summed E-state index contributed by atoms with van der Waals surface area (Å²) in [5, 5.41) is 4.89. The van der Waals surface area contributed by atoms with Gasteiger partial charge in [0.2, 0.25) is 0 Å². The van der Waals surface area contributed by atoms with Crippen LogP contribution in [-0.4, -0.2) is 9.55 Å². The molecule has 1 N–H and O–H groups in total. The molecule has 0 fully saturated rings. The van der Waals surface area contributed by atoms with Gasteiger partial charge in [-0.2, -0.15) is 0 Å². The van der Waals surface area contributed by atoms with Crippen molar-refractivity contribution in [3.05, 3.63) is 94.2 Å². The lowest BCUT2D eigenvalue weighted by molar-refractivity contribution is 0.756. The summed E-state index contributed by atoms with van der Waals surface area (Å²) >= 11 is 12.0. The zero-order valence-corrected chi connectivity index (χ0v) is 15.5. The average Bonchev–Trinajstić information content (AvgIpc) is 3.01. The molecule has 0 atom stereocenters. The number of halogens is 2. The number of anilines is 1. The summed E-state index contributed by atoms with van der Waals surface area (Å²) in [6, 6.07) is 23.8. The van der Waals surface area contributed by atoms with Gasteiger partial charge in [-0.05, 0) is 54.1 Å². The highest BCUT2D eigenvalue weighted by Crippen LogP contribution is 2.20. The summed E-state index contributed by atoms with van der Waals surface area (Å²) in [7, 11) is 0. The molecule has 3 nitrogen and oxygen atoms in total. The van der Waals surface area contributed by atoms with Gasteiger partial charge in [-0.15, -0.1) is 0 Å². The summed E-state index contributed by atoms with van der Waals surface area (Å²) in [6.07, 6.45) is 0. The van der Waals surface area contributed by atoms with E-state index in [9.17, 15) is 0 Å². The molecule has 0 aliphatic carbocycles. The number of imidazole rings is 1. The smallest absolute Gasteiger partial charge is 0.129 e. The zero-order chi connectivity index (χ0) is 17.9. The fourth-order valence-electron chi connectivity index (χ4n) is 2.96. The van der Waals surface area contributed by atoms with Crippen LogP contribution in [0.2, 0.25) is 10.0 Å². The Balaban J connectivity index is 1.64. The Kier molecular flexibility index (Phi) is 4.83. The van der Waals surface area contributed by atoms with Gasteiger partial charge < -0.3 is 9.88 Å². The molecule has 1 aromatic heterocycles. The summed E-state index contributed by atoms with van der Waals surface area (Å²) in [4.78, 5) is 4.81. The van der Waals surface area contributed by atoms with E-state index in [1.807, 2.05) is 66.7 Å². The van der Waals surface area contributed by atoms with E-state index in [-0.39, 0.29) is 0 Å². The molecule has 0 unspecified atom stereocenters. The Morgan fingerprint density at radius 2 is 1.46 bits per heavy atom. The Bertz CT molecular complexity index is 1020. The highest BCUT2D eigenvalue weighted by molar-refractivity contribution is 6.30. The van der Waals surface area contributed by atoms with Crippen molar-refractivity contribution in [2.75, 3.05) is 5.32 Å². The average molecular weight is 382 g/mol. The van der Waals surface area contributed by atoms with Gasteiger partial charge in [-0.25, -0.2) is 4.98 Å². The molecule has 0 aliphatic rings. The third-order valence-corrected chi connectivity index (χ3v) is 4.79. The summed E-state index contributed by atoms with van der Waals surface area (Å²) in [6.45, 7) is 1.37. The predicted molar refractivity (Wildman–Crippen MR) is 109 cm³/mol. The number of benzene rings is 3. The first kappa shape index (κ1) is 17.0. The van der Waals surface area contributed by atoms with Gasteiger partial charge in [0.15, 0.2) is 0 Å². The quantitative estimate of drug-likeness (QED) is 0.459. The van der Waals surface area contributed by atoms with Crippen LogP contribution in [0.25, 0.3) is 11.0 Å². The molecule has 26 heavy (non-hydrogen) atoms. The topological polar surface area (TPSA) is 29.9 Å². The third-order valence-electron chi connectivity index (χ3n) is 4.28. The van der Waals surface area contributed by atoms with Crippen LogP contribution in [0.5, 0.6) is 0 Å². The number of fused-ring (bicyclic) bond motifs is 1. The molecule has 5 heteroatoms. The maximum Gasteiger partial charge on any atom is 0.129 e. The predicted octanol–water partition coefficient (Wildman–Crippen LogP) is 6.00. The van der Waals surface area contributed by atoms with Crippen LogP contribution in [0.4, 0.5) is 5.69 Å². The molecule has 0 spiro atoms. The highest BCUT2D eigenvalue weighted by Gasteiger charge is 2.11. The van der Waals surface area contributed by atoms with Crippen molar-refractivity contribution in [1.82, 2.24) is 9.55 Å². The number of hydrogen-bond donors (Lipinski definition) is 1. The van der Waals surface area contributed by atoms with E-state index in [1.165, 1.54) is 5.56 Å². The fraction of sp³-hybridized carbons (Fsp3) is 0.0952. The van der Waals surface area contributed by atoms with E-state index in [4.69, 9.17) is 28.2 Å². The van der Waals surface area contributed by atoms with E-state index in [0.29, 0.717) is 6.54 Å². The highest BCUT2D eigenvalue weighted by atomic mass is 35.5. The zero-order valence-electron chi connectivity index (χ0n) is 14.0. The second-order valence-electron chi connectivity index (χ2n) is 6.09. The Morgan fingerprint density at radius 1 is 0.808 bits per heavy atom. The lowest BCUT2D eigenvalue weighted by Gasteiger charge is -2.11. The minimum Gasteiger partial charge on any atom is -0.378 e. The lowest BCUT2D eigenvalue weighted by atomic mass is 10.2. The SMILES string of the molecule is Clc1ccc(Cn2c(CNc3ccc(Cl)cc3)nc3ccccc32)cc1. The van der Waals surface area contributed by atoms with Crippen LogP contribution >= 0.6 is 23.2 Å². The molecule has 0 saturated heterocycles. The van der Waals surface area contributed by atoms with E-state index in [0.717, 1.165) is 39.1 Å². The maximum absolute atomic E-state index is 6.01. The number of aromatic nitrogens is 2. The first-order valence-corrected chi connectivity index (χ1v) is 9.13. The molecule has 130 valence electrons. The van der Waals surface area contributed by atoms with Crippen LogP contribution in [0, 0.1) is 0 Å². The van der Waals surface area contributed by atoms with Crippen LogP contribution in [0.15, 0.2) is 72.8 Å². The molecule has 0 bridgehead atoms. The Hall–Kier alpha value is -2.49. The lowest BCUT2D eigenvalue weighted by Crippen LogP contribution is -2.09. The van der Waals surface area contributed by atoms with Gasteiger partial charge in [0, 0.05) is 22.3 Å². The van der Waals surface area contributed by atoms with Gasteiger partial charge in [0.25, 0.3) is 0 Å². The van der Waals surface area contributed by atoms with Gasteiger partial charge in [0.1, 0.15) is 5.82 Å². The first-order chi connectivity index (χ1) is 12.7. The first-order valence-electron chi connectivity index (χ1n) is 8.37. The van der Waals surface area contributed by atoms with Crippen molar-refractivity contribution in [1.29, 1.82) is 0 Å². The van der Waals surface area contributed by atoms with Gasteiger partial charge in [0.05, 0.1) is 17.6 Å². The van der Waals surface area contributed by atoms with Crippen molar-refractivity contribution in [2.45, 2.75) is 13.1 Å². The Morgan fingerprint density at radius 3 is 2.19 bits per heavy atom. The van der Waals surface area contributed by atoms with Gasteiger partial charge in [-0.3, -0.25) is 0 Å². The van der Waals surface area contributed by atoms with Crippen LogP contribution < -0.4 is 5.32 Å². The van der Waals surface area contributed by atoms with Crippen molar-refractivity contribution in [3.8, 4) is 0 Å². The molecule has 3 aromatic carbocycles. The number of nitrogens with one attached hydrogen (secondary N) is 1. The number of para-hydroxylation sites is 2. The third kappa shape index (κ3) is 3.69. The largest absolute Gasteiger partial charge is 0.378 e. The number of rotatable bonds is 5. The standard InChI is InChI=1S/C21H17Cl2N3/c22-16-7-5-15(6-8-16)14-26-20-4-2-1-3-19(20)25-21(26)13-24-18-11-9-17(23)10-12-18/h1-12,24H,13-14H2. The molecule has 4 rings (SSSR count). The van der Waals surface area contributed by atoms with Gasteiger partial charge in [-0.1, -0.05) is 47.5 Å². The van der Waals surface area contributed by atoms with Crippen molar-refractivity contribution >= 4 is 39.9 Å². The number of nitrogens with zero attached hydrogens (tertiary/aromatic N) is 2. The fourth-order valence-corrected chi connectivity index (χ4v) is 3.21. The molecular formula is C21H17Cl2N3. The monoisotopic (exact) mass is 381 g/mol. The molecule has 1 heterocycles. The number of hydrogen-bond acceptors (Lipinski definition) is 2. The van der Waals surface area contributed by atoms with E-state index < -0.39 is 0 Å². The summed E-state index contributed by atoms with van der Waals surface area (Å²) in [5.41, 5.74) is 4.31. The normalized spacial score (nSPS) is 11.0. The van der Waals surface area contributed by atoms with Crippen molar-refractivity contribution in [2.24, 2.45) is 0 Å². The molecular weight excluding hydrogens is 365 g/mol. The van der Waals surface area contributed by atoms with Crippen molar-refractivity contribution < 1.29 is 0 Å². The summed E-state index contributed by atoms with van der Waals surface area (Å²) in [5.74, 6) is 0.983. The minimum absolute atomic E-state index is 0.629. The molecule has 0 saturated carbocycles. The Labute approximate surface area is 162 Å². The minimum atomic E-state index is 0.629. The van der Waals surface area contributed by atoms with Crippen LogP contribution in [0.1, 0.15) is 11.4 Å². The van der Waals surface area contributed by atoms with E-state index in [1.54, 1.807) is 0 Å².